The second kappa shape index (κ2) is 7.58. The van der Waals surface area contributed by atoms with Crippen molar-refractivity contribution < 1.29 is 18.3 Å². The predicted molar refractivity (Wildman–Crippen MR) is 117 cm³/mol. The summed E-state index contributed by atoms with van der Waals surface area (Å²) in [7, 11) is 1.28. The van der Waals surface area contributed by atoms with E-state index in [9.17, 15) is 13.6 Å². The Morgan fingerprint density at radius 2 is 1.94 bits per heavy atom. The molecule has 4 heterocycles. The van der Waals surface area contributed by atoms with E-state index < -0.39 is 17.6 Å². The van der Waals surface area contributed by atoms with Crippen molar-refractivity contribution in [3.8, 4) is 11.3 Å². The minimum Gasteiger partial charge on any atom is -0.465 e. The number of nitrogens with one attached hydrogen (secondary N) is 1. The number of nitrogens with zero attached hydrogens (tertiary/aromatic N) is 5. The number of aryl methyl sites for hydroxylation is 1. The molecule has 3 aromatic heterocycles. The van der Waals surface area contributed by atoms with Crippen LogP contribution in [-0.2, 0) is 16.7 Å². The minimum absolute atomic E-state index is 0.0502. The molecule has 4 aromatic rings. The largest absolute Gasteiger partial charge is 0.465 e. The van der Waals surface area contributed by atoms with Crippen LogP contribution in [0, 0.1) is 11.6 Å². The monoisotopic (exact) mass is 450 g/mol. The van der Waals surface area contributed by atoms with Crippen molar-refractivity contribution in [1.29, 1.82) is 0 Å². The molecule has 0 unspecified atom stereocenters. The summed E-state index contributed by atoms with van der Waals surface area (Å²) in [6.07, 6.45) is 4.01. The topological polar surface area (TPSA) is 94.8 Å². The van der Waals surface area contributed by atoms with Crippen molar-refractivity contribution in [2.75, 3.05) is 12.4 Å². The number of hydrogen-bond donors (Lipinski definition) is 1. The number of benzene rings is 1. The van der Waals surface area contributed by atoms with Crippen LogP contribution >= 0.6 is 0 Å². The molecule has 0 saturated carbocycles. The SMILES string of the molecule is COC(=O)c1ccc(Nc2ncc(F)c(-c3cc(F)c4nc5n(c4c3)C(C)(C)CC5)n2)nc1. The van der Waals surface area contributed by atoms with Crippen molar-refractivity contribution in [2.24, 2.45) is 0 Å². The molecule has 1 aromatic carbocycles. The number of hydrogen-bond acceptors (Lipinski definition) is 7. The van der Waals surface area contributed by atoms with Gasteiger partial charge in [-0.15, -0.1) is 0 Å². The summed E-state index contributed by atoms with van der Waals surface area (Å²) in [5.74, 6) is -0.498. The fourth-order valence-corrected chi connectivity index (χ4v) is 4.14. The van der Waals surface area contributed by atoms with E-state index in [0.29, 0.717) is 11.3 Å². The summed E-state index contributed by atoms with van der Waals surface area (Å²) >= 11 is 0. The van der Waals surface area contributed by atoms with Crippen LogP contribution in [0.1, 0.15) is 36.5 Å². The lowest BCUT2D eigenvalue weighted by Crippen LogP contribution is -2.21. The lowest BCUT2D eigenvalue weighted by atomic mass is 10.0. The van der Waals surface area contributed by atoms with E-state index in [1.807, 2.05) is 4.57 Å². The first kappa shape index (κ1) is 20.9. The molecule has 0 saturated heterocycles. The highest BCUT2D eigenvalue weighted by Gasteiger charge is 2.33. The number of pyridine rings is 1. The number of carbonyl (C=O) groups is 1. The maximum atomic E-state index is 14.9. The molecule has 0 amide bonds. The Balaban J connectivity index is 1.53. The Labute approximate surface area is 187 Å². The van der Waals surface area contributed by atoms with Gasteiger partial charge < -0.3 is 14.6 Å². The number of rotatable bonds is 4. The van der Waals surface area contributed by atoms with E-state index >= 15 is 0 Å². The highest BCUT2D eigenvalue weighted by Crippen LogP contribution is 2.37. The zero-order valence-corrected chi connectivity index (χ0v) is 18.2. The van der Waals surface area contributed by atoms with E-state index in [2.05, 4.69) is 43.8 Å². The lowest BCUT2D eigenvalue weighted by molar-refractivity contribution is 0.0600. The molecule has 0 aliphatic carbocycles. The molecule has 5 rings (SSSR count). The van der Waals surface area contributed by atoms with Crippen LogP contribution in [-0.4, -0.2) is 37.6 Å². The fraction of sp³-hybridized carbons (Fsp3) is 0.261. The van der Waals surface area contributed by atoms with Crippen LogP contribution in [0.3, 0.4) is 0 Å². The van der Waals surface area contributed by atoms with Gasteiger partial charge >= 0.3 is 5.97 Å². The summed E-state index contributed by atoms with van der Waals surface area (Å²) < 4.78 is 36.3. The van der Waals surface area contributed by atoms with E-state index in [-0.39, 0.29) is 33.8 Å². The molecule has 8 nitrogen and oxygen atoms in total. The van der Waals surface area contributed by atoms with Crippen LogP contribution in [0.15, 0.2) is 36.7 Å². The lowest BCUT2D eigenvalue weighted by Gasteiger charge is -2.22. The summed E-state index contributed by atoms with van der Waals surface area (Å²) in [4.78, 5) is 28.3. The van der Waals surface area contributed by atoms with Gasteiger partial charge in [0.25, 0.3) is 0 Å². The zero-order valence-electron chi connectivity index (χ0n) is 18.2. The maximum absolute atomic E-state index is 14.9. The van der Waals surface area contributed by atoms with E-state index in [1.54, 1.807) is 12.1 Å². The number of methoxy groups -OCH3 is 1. The zero-order chi connectivity index (χ0) is 23.3. The van der Waals surface area contributed by atoms with E-state index in [1.165, 1.54) is 25.4 Å². The van der Waals surface area contributed by atoms with Gasteiger partial charge in [0.1, 0.15) is 22.9 Å². The molecule has 0 radical (unpaired) electrons. The first-order valence-electron chi connectivity index (χ1n) is 10.3. The predicted octanol–water partition coefficient (Wildman–Crippen LogP) is 4.38. The quantitative estimate of drug-likeness (QED) is 0.461. The van der Waals surface area contributed by atoms with Crippen LogP contribution in [0.25, 0.3) is 22.3 Å². The summed E-state index contributed by atoms with van der Waals surface area (Å²) in [5.41, 5.74) is 1.17. The first-order chi connectivity index (χ1) is 15.8. The second-order valence-corrected chi connectivity index (χ2v) is 8.44. The average molecular weight is 450 g/mol. The molecule has 1 aliphatic heterocycles. The molecule has 1 aliphatic rings. The molecular formula is C23H20F2N6O2. The van der Waals surface area contributed by atoms with Gasteiger partial charge in [-0.2, -0.15) is 0 Å². The Morgan fingerprint density at radius 3 is 2.67 bits per heavy atom. The second-order valence-electron chi connectivity index (χ2n) is 8.44. The number of carbonyl (C=O) groups excluding carboxylic acids is 1. The van der Waals surface area contributed by atoms with Gasteiger partial charge in [-0.3, -0.25) is 0 Å². The molecular weight excluding hydrogens is 430 g/mol. The molecule has 0 atom stereocenters. The van der Waals surface area contributed by atoms with Gasteiger partial charge in [0.05, 0.1) is 24.4 Å². The third kappa shape index (κ3) is 3.57. The number of fused-ring (bicyclic) bond motifs is 3. The Hall–Kier alpha value is -3.95. The van der Waals surface area contributed by atoms with Gasteiger partial charge in [-0.1, -0.05) is 0 Å². The van der Waals surface area contributed by atoms with Crippen molar-refractivity contribution in [1.82, 2.24) is 24.5 Å². The standard InChI is InChI=1S/C23H20F2N6O2/c1-23(2)7-6-18-29-20-14(24)8-13(9-16(20)31(18)23)19-15(25)11-27-22(30-19)28-17-5-4-12(10-26-17)21(32)33-3/h4-5,8-11H,6-7H2,1-3H3,(H,26,27,28,30). The molecule has 168 valence electrons. The third-order valence-corrected chi connectivity index (χ3v) is 5.79. The number of aromatic nitrogens is 5. The van der Waals surface area contributed by atoms with Gasteiger partial charge in [0, 0.05) is 23.7 Å². The van der Waals surface area contributed by atoms with Crippen molar-refractivity contribution in [3.05, 3.63) is 59.7 Å². The van der Waals surface area contributed by atoms with Crippen LogP contribution in [0.5, 0.6) is 0 Å². The molecule has 33 heavy (non-hydrogen) atoms. The Morgan fingerprint density at radius 1 is 1.12 bits per heavy atom. The Kier molecular flexibility index (Phi) is 4.80. The average Bonchev–Trinajstić information content (AvgIpc) is 3.33. The summed E-state index contributed by atoms with van der Waals surface area (Å²) in [6, 6.07) is 6.01. The molecule has 0 bridgehead atoms. The Bertz CT molecular complexity index is 1400. The number of halogens is 2. The highest BCUT2D eigenvalue weighted by molar-refractivity contribution is 5.89. The fourth-order valence-electron chi connectivity index (χ4n) is 4.14. The molecule has 0 fully saturated rings. The van der Waals surface area contributed by atoms with E-state index in [4.69, 9.17) is 0 Å². The van der Waals surface area contributed by atoms with Crippen LogP contribution < -0.4 is 5.32 Å². The van der Waals surface area contributed by atoms with Gasteiger partial charge in [0.15, 0.2) is 11.6 Å². The molecule has 1 N–H and O–H groups in total. The summed E-state index contributed by atoms with van der Waals surface area (Å²) in [5, 5.41) is 2.86. The van der Waals surface area contributed by atoms with Crippen molar-refractivity contribution in [2.45, 2.75) is 32.2 Å². The third-order valence-electron chi connectivity index (χ3n) is 5.79. The van der Waals surface area contributed by atoms with Gasteiger partial charge in [-0.25, -0.2) is 33.5 Å². The smallest absolute Gasteiger partial charge is 0.339 e. The minimum atomic E-state index is -0.686. The summed E-state index contributed by atoms with van der Waals surface area (Å²) in [6.45, 7) is 4.14. The number of ether oxygens (including phenoxy) is 1. The molecule has 10 heteroatoms. The van der Waals surface area contributed by atoms with Gasteiger partial charge in [0.2, 0.25) is 5.95 Å². The van der Waals surface area contributed by atoms with Crippen molar-refractivity contribution >= 4 is 28.8 Å². The van der Waals surface area contributed by atoms with Gasteiger partial charge in [-0.05, 0) is 44.5 Å². The van der Waals surface area contributed by atoms with Crippen molar-refractivity contribution in [3.63, 3.8) is 0 Å². The molecule has 0 spiro atoms. The van der Waals surface area contributed by atoms with E-state index in [0.717, 1.165) is 24.9 Å². The first-order valence-corrected chi connectivity index (χ1v) is 10.3. The number of anilines is 2. The van der Waals surface area contributed by atoms with Crippen LogP contribution in [0.2, 0.25) is 0 Å². The maximum Gasteiger partial charge on any atom is 0.339 e. The number of esters is 1. The normalized spacial score (nSPS) is 14.3. The number of imidazole rings is 1. The highest BCUT2D eigenvalue weighted by atomic mass is 19.1. The van der Waals surface area contributed by atoms with Crippen LogP contribution in [0.4, 0.5) is 20.5 Å².